The summed E-state index contributed by atoms with van der Waals surface area (Å²) in [4.78, 5) is 42.1. The number of hydrogen-bond acceptors (Lipinski definition) is 5. The number of halogens is 1. The van der Waals surface area contributed by atoms with Crippen LogP contribution in [0.1, 0.15) is 72.2 Å². The molecular weight excluding hydrogens is 559 g/mol. The number of methoxy groups -OCH3 is 1. The van der Waals surface area contributed by atoms with Gasteiger partial charge in [-0.2, -0.15) is 0 Å². The zero-order valence-corrected chi connectivity index (χ0v) is 25.7. The third kappa shape index (κ3) is 8.66. The van der Waals surface area contributed by atoms with Crippen LogP contribution in [0.4, 0.5) is 10.1 Å². The second kappa shape index (κ2) is 15.5. The van der Waals surface area contributed by atoms with Crippen LogP contribution >= 0.6 is 0 Å². The minimum Gasteiger partial charge on any atom is -0.497 e. The molecule has 0 aromatic heterocycles. The van der Waals surface area contributed by atoms with Gasteiger partial charge in [-0.25, -0.2) is 4.39 Å². The maximum atomic E-state index is 13.7. The van der Waals surface area contributed by atoms with Gasteiger partial charge in [0.15, 0.2) is 0 Å². The molecule has 4 atom stereocenters. The van der Waals surface area contributed by atoms with Gasteiger partial charge in [0.05, 0.1) is 7.11 Å². The largest absolute Gasteiger partial charge is 0.497 e. The Bertz CT molecular complexity index is 1420. The highest BCUT2D eigenvalue weighted by Crippen LogP contribution is 2.26. The molecule has 3 aromatic carbocycles. The van der Waals surface area contributed by atoms with Crippen LogP contribution in [-0.2, 0) is 11.2 Å². The molecule has 1 aliphatic rings. The van der Waals surface area contributed by atoms with Crippen molar-refractivity contribution < 1.29 is 23.5 Å². The van der Waals surface area contributed by atoms with Gasteiger partial charge in [-0.05, 0) is 80.1 Å². The zero-order valence-electron chi connectivity index (χ0n) is 25.7. The number of carbonyl (C=O) groups is 3. The van der Waals surface area contributed by atoms with Crippen molar-refractivity contribution in [1.29, 1.82) is 0 Å². The summed E-state index contributed by atoms with van der Waals surface area (Å²) in [6.07, 6.45) is 4.63. The monoisotopic (exact) mass is 602 g/mol. The summed E-state index contributed by atoms with van der Waals surface area (Å²) in [5, 5.41) is 5.87. The third-order valence-corrected chi connectivity index (χ3v) is 8.23. The van der Waals surface area contributed by atoms with Crippen molar-refractivity contribution in [2.75, 3.05) is 19.0 Å². The molecular formula is C35H43FN4O4. The SMILES string of the molecule is CCC[C@H]1CCCN1C(=O)c1cc(OC)cc(C(=O)N[C@@H](Cc2ccccc2)[C@@H](N)C[C@@H](C)C(=O)Nc2ccc(F)cc2)c1. The standard InChI is InChI=1S/C35H43FN4O4/c1-4-9-29-12-8-17-40(29)35(43)26-20-25(21-30(22-26)44-3)34(42)39-32(19-24-10-6-5-7-11-24)31(37)18-23(2)33(41)38-28-15-13-27(36)14-16-28/h5-7,10-11,13-16,20-23,29,31-32H,4,8-9,12,17-19,37H2,1-3H3,(H,38,41)(H,39,42)/t23-,29+,31+,32+/m1/s1. The highest BCUT2D eigenvalue weighted by molar-refractivity contribution is 6.00. The Morgan fingerprint density at radius 1 is 1.05 bits per heavy atom. The van der Waals surface area contributed by atoms with Crippen LogP contribution in [-0.4, -0.2) is 54.4 Å². The number of carbonyl (C=O) groups excluding carboxylic acids is 3. The molecule has 44 heavy (non-hydrogen) atoms. The lowest BCUT2D eigenvalue weighted by Gasteiger charge is -2.28. The first-order chi connectivity index (χ1) is 21.2. The van der Waals surface area contributed by atoms with E-state index in [1.165, 1.54) is 31.4 Å². The normalized spacial score (nSPS) is 16.6. The van der Waals surface area contributed by atoms with Gasteiger partial charge < -0.3 is 26.0 Å². The molecule has 4 rings (SSSR count). The van der Waals surface area contributed by atoms with Crippen molar-refractivity contribution >= 4 is 23.4 Å². The Morgan fingerprint density at radius 3 is 2.43 bits per heavy atom. The van der Waals surface area contributed by atoms with E-state index in [2.05, 4.69) is 17.6 Å². The number of nitrogens with two attached hydrogens (primary N) is 1. The van der Waals surface area contributed by atoms with Crippen LogP contribution < -0.4 is 21.1 Å². The molecule has 0 saturated carbocycles. The van der Waals surface area contributed by atoms with Gasteiger partial charge in [-0.15, -0.1) is 0 Å². The van der Waals surface area contributed by atoms with Crippen LogP contribution in [0.3, 0.4) is 0 Å². The fourth-order valence-electron chi connectivity index (χ4n) is 5.78. The number of nitrogens with one attached hydrogen (secondary N) is 2. The third-order valence-electron chi connectivity index (χ3n) is 8.23. The van der Waals surface area contributed by atoms with Crippen LogP contribution in [0.5, 0.6) is 5.75 Å². The molecule has 0 radical (unpaired) electrons. The van der Waals surface area contributed by atoms with Crippen LogP contribution in [0, 0.1) is 11.7 Å². The molecule has 0 bridgehead atoms. The maximum Gasteiger partial charge on any atom is 0.254 e. The Morgan fingerprint density at radius 2 is 1.75 bits per heavy atom. The lowest BCUT2D eigenvalue weighted by molar-refractivity contribution is -0.119. The summed E-state index contributed by atoms with van der Waals surface area (Å²) < 4.78 is 18.8. The van der Waals surface area contributed by atoms with E-state index in [0.717, 1.165) is 31.2 Å². The predicted molar refractivity (Wildman–Crippen MR) is 170 cm³/mol. The first kappa shape index (κ1) is 32.7. The number of anilines is 1. The van der Waals surface area contributed by atoms with Crippen molar-refractivity contribution in [2.45, 2.75) is 70.5 Å². The van der Waals surface area contributed by atoms with Crippen molar-refractivity contribution in [3.05, 3.63) is 95.3 Å². The van der Waals surface area contributed by atoms with Crippen LogP contribution in [0.2, 0.25) is 0 Å². The molecule has 3 aromatic rings. The van der Waals surface area contributed by atoms with Gasteiger partial charge in [-0.3, -0.25) is 14.4 Å². The van der Waals surface area contributed by atoms with E-state index < -0.39 is 18.0 Å². The summed E-state index contributed by atoms with van der Waals surface area (Å²) in [5.74, 6) is -1.19. The van der Waals surface area contributed by atoms with E-state index in [-0.39, 0.29) is 29.6 Å². The topological polar surface area (TPSA) is 114 Å². The van der Waals surface area contributed by atoms with E-state index in [1.807, 2.05) is 35.2 Å². The van der Waals surface area contributed by atoms with Gasteiger partial charge in [0.1, 0.15) is 11.6 Å². The van der Waals surface area contributed by atoms with Crippen LogP contribution in [0.25, 0.3) is 0 Å². The molecule has 1 fully saturated rings. The quantitative estimate of drug-likeness (QED) is 0.237. The van der Waals surface area contributed by atoms with E-state index >= 15 is 0 Å². The summed E-state index contributed by atoms with van der Waals surface area (Å²) >= 11 is 0. The molecule has 1 aliphatic heterocycles. The van der Waals surface area contributed by atoms with Crippen molar-refractivity contribution in [3.8, 4) is 5.75 Å². The van der Waals surface area contributed by atoms with Crippen molar-refractivity contribution in [3.63, 3.8) is 0 Å². The number of nitrogens with zero attached hydrogens (tertiary/aromatic N) is 1. The summed E-state index contributed by atoms with van der Waals surface area (Å²) in [7, 11) is 1.51. The van der Waals surface area contributed by atoms with E-state index in [9.17, 15) is 18.8 Å². The second-order valence-corrected chi connectivity index (χ2v) is 11.6. The Kier molecular flexibility index (Phi) is 11.5. The molecule has 234 valence electrons. The van der Waals surface area contributed by atoms with Gasteiger partial charge in [0.2, 0.25) is 5.91 Å². The molecule has 0 spiro atoms. The number of likely N-dealkylation sites (tertiary alicyclic amines) is 1. The molecule has 4 N–H and O–H groups in total. The highest BCUT2D eigenvalue weighted by Gasteiger charge is 2.30. The van der Waals surface area contributed by atoms with Gasteiger partial charge in [0.25, 0.3) is 11.8 Å². The molecule has 8 nitrogen and oxygen atoms in total. The predicted octanol–water partition coefficient (Wildman–Crippen LogP) is 5.57. The zero-order chi connectivity index (χ0) is 31.6. The van der Waals surface area contributed by atoms with Gasteiger partial charge in [0, 0.05) is 47.4 Å². The number of benzene rings is 3. The first-order valence-electron chi connectivity index (χ1n) is 15.3. The van der Waals surface area contributed by atoms with Crippen molar-refractivity contribution in [2.24, 2.45) is 11.7 Å². The fourth-order valence-corrected chi connectivity index (χ4v) is 5.78. The van der Waals surface area contributed by atoms with E-state index in [4.69, 9.17) is 10.5 Å². The molecule has 1 heterocycles. The number of amides is 3. The summed E-state index contributed by atoms with van der Waals surface area (Å²) in [5.41, 5.74) is 8.85. The van der Waals surface area contributed by atoms with Gasteiger partial charge >= 0.3 is 0 Å². The van der Waals surface area contributed by atoms with Crippen LogP contribution in [0.15, 0.2) is 72.8 Å². The fraction of sp³-hybridized carbons (Fsp3) is 0.400. The maximum absolute atomic E-state index is 13.7. The Balaban J connectivity index is 1.51. The average Bonchev–Trinajstić information content (AvgIpc) is 3.50. The molecule has 3 amide bonds. The van der Waals surface area contributed by atoms with Crippen molar-refractivity contribution in [1.82, 2.24) is 10.2 Å². The minimum atomic E-state index is -0.570. The molecule has 1 saturated heterocycles. The molecule has 9 heteroatoms. The minimum absolute atomic E-state index is 0.104. The summed E-state index contributed by atoms with van der Waals surface area (Å²) in [6, 6.07) is 19.3. The van der Waals surface area contributed by atoms with E-state index in [0.29, 0.717) is 42.0 Å². The van der Waals surface area contributed by atoms with E-state index in [1.54, 1.807) is 25.1 Å². The summed E-state index contributed by atoms with van der Waals surface area (Å²) in [6.45, 7) is 4.58. The average molecular weight is 603 g/mol. The molecule has 0 aliphatic carbocycles. The smallest absolute Gasteiger partial charge is 0.254 e. The Hall–Kier alpha value is -4.24. The lowest BCUT2D eigenvalue weighted by Crippen LogP contribution is -2.50. The Labute approximate surface area is 259 Å². The number of rotatable bonds is 13. The number of hydrogen-bond donors (Lipinski definition) is 3. The second-order valence-electron chi connectivity index (χ2n) is 11.6. The number of ether oxygens (including phenoxy) is 1. The lowest BCUT2D eigenvalue weighted by atomic mass is 9.91. The van der Waals surface area contributed by atoms with Gasteiger partial charge in [-0.1, -0.05) is 50.6 Å². The first-order valence-corrected chi connectivity index (χ1v) is 15.3. The highest BCUT2D eigenvalue weighted by atomic mass is 19.1. The molecule has 0 unspecified atom stereocenters.